The number of nitriles is 1. The maximum Gasteiger partial charge on any atom is 0.332 e. The standard InChI is InChI=1S/C12H17N5O3/c1-14(2)9(18)7-15(3)10-8(6-13)11(19)17(5)12(20)16(10)4/h7H2,1-5H3. The van der Waals surface area contributed by atoms with E-state index in [1.807, 2.05) is 0 Å². The van der Waals surface area contributed by atoms with Crippen molar-refractivity contribution in [1.29, 1.82) is 5.26 Å². The number of amides is 1. The van der Waals surface area contributed by atoms with Crippen molar-refractivity contribution in [2.75, 3.05) is 32.6 Å². The molecule has 0 radical (unpaired) electrons. The highest BCUT2D eigenvalue weighted by Crippen LogP contribution is 2.12. The fourth-order valence-electron chi connectivity index (χ4n) is 1.80. The Morgan fingerprint density at radius 2 is 1.75 bits per heavy atom. The topological polar surface area (TPSA) is 91.3 Å². The quantitative estimate of drug-likeness (QED) is 0.670. The number of rotatable bonds is 3. The summed E-state index contributed by atoms with van der Waals surface area (Å²) in [6, 6.07) is 1.80. The molecular weight excluding hydrogens is 262 g/mol. The number of hydrogen-bond acceptors (Lipinski definition) is 5. The zero-order valence-electron chi connectivity index (χ0n) is 12.2. The van der Waals surface area contributed by atoms with Crippen molar-refractivity contribution in [3.05, 3.63) is 26.4 Å². The fourth-order valence-corrected chi connectivity index (χ4v) is 1.80. The maximum atomic E-state index is 11.9. The summed E-state index contributed by atoms with van der Waals surface area (Å²) >= 11 is 0. The van der Waals surface area contributed by atoms with Crippen LogP contribution in [0.4, 0.5) is 5.82 Å². The Hall–Kier alpha value is -2.56. The molecule has 0 unspecified atom stereocenters. The van der Waals surface area contributed by atoms with Crippen LogP contribution in [0.25, 0.3) is 0 Å². The zero-order chi connectivity index (χ0) is 15.6. The second-order valence-electron chi connectivity index (χ2n) is 4.66. The largest absolute Gasteiger partial charge is 0.350 e. The van der Waals surface area contributed by atoms with Gasteiger partial charge in [-0.15, -0.1) is 0 Å². The fraction of sp³-hybridized carbons (Fsp3) is 0.500. The molecule has 1 amide bonds. The molecule has 1 heterocycles. The molecule has 0 aliphatic rings. The molecule has 108 valence electrons. The van der Waals surface area contributed by atoms with Crippen molar-refractivity contribution >= 4 is 11.7 Å². The molecule has 20 heavy (non-hydrogen) atoms. The number of likely N-dealkylation sites (N-methyl/N-ethyl adjacent to an activating group) is 2. The molecule has 0 fully saturated rings. The number of carbonyl (C=O) groups is 1. The van der Waals surface area contributed by atoms with E-state index in [4.69, 9.17) is 5.26 Å². The van der Waals surface area contributed by atoms with Gasteiger partial charge < -0.3 is 9.80 Å². The van der Waals surface area contributed by atoms with Gasteiger partial charge in [-0.3, -0.25) is 18.7 Å². The van der Waals surface area contributed by atoms with Crippen LogP contribution in [0.5, 0.6) is 0 Å². The Kier molecular flexibility index (Phi) is 4.34. The third-order valence-corrected chi connectivity index (χ3v) is 2.98. The summed E-state index contributed by atoms with van der Waals surface area (Å²) in [5.74, 6) is -0.0692. The Labute approximate surface area is 116 Å². The lowest BCUT2D eigenvalue weighted by atomic mass is 10.3. The Morgan fingerprint density at radius 1 is 1.20 bits per heavy atom. The van der Waals surface area contributed by atoms with Crippen LogP contribution in [-0.2, 0) is 18.9 Å². The van der Waals surface area contributed by atoms with Crippen molar-refractivity contribution in [2.45, 2.75) is 0 Å². The molecular formula is C12H17N5O3. The van der Waals surface area contributed by atoms with Gasteiger partial charge in [-0.05, 0) is 0 Å². The highest BCUT2D eigenvalue weighted by atomic mass is 16.2. The normalized spacial score (nSPS) is 10.0. The number of nitrogens with zero attached hydrogens (tertiary/aromatic N) is 5. The van der Waals surface area contributed by atoms with Crippen LogP contribution in [0.1, 0.15) is 5.56 Å². The Balaban J connectivity index is 3.46. The van der Waals surface area contributed by atoms with E-state index in [1.165, 1.54) is 28.5 Å². The van der Waals surface area contributed by atoms with Gasteiger partial charge in [0.2, 0.25) is 5.91 Å². The van der Waals surface area contributed by atoms with E-state index >= 15 is 0 Å². The first kappa shape index (κ1) is 15.5. The van der Waals surface area contributed by atoms with E-state index in [9.17, 15) is 14.4 Å². The van der Waals surface area contributed by atoms with E-state index < -0.39 is 11.2 Å². The molecule has 1 rings (SSSR count). The van der Waals surface area contributed by atoms with Crippen LogP contribution in [0.3, 0.4) is 0 Å². The molecule has 1 aromatic rings. The number of aromatic nitrogens is 2. The summed E-state index contributed by atoms with van der Waals surface area (Å²) in [7, 11) is 7.51. The van der Waals surface area contributed by atoms with Crippen molar-refractivity contribution in [3.8, 4) is 6.07 Å². The summed E-state index contributed by atoms with van der Waals surface area (Å²) in [6.45, 7) is -0.0396. The van der Waals surface area contributed by atoms with Crippen LogP contribution in [-0.4, -0.2) is 47.6 Å². The Bertz CT molecular complexity index is 693. The van der Waals surface area contributed by atoms with Crippen LogP contribution in [0.15, 0.2) is 9.59 Å². The lowest BCUT2D eigenvalue weighted by Crippen LogP contribution is -2.43. The van der Waals surface area contributed by atoms with Gasteiger partial charge in [-0.25, -0.2) is 4.79 Å². The maximum absolute atomic E-state index is 11.9. The molecule has 0 N–H and O–H groups in total. The predicted octanol–water partition coefficient (Wildman–Crippen LogP) is -1.52. The highest BCUT2D eigenvalue weighted by molar-refractivity contribution is 5.81. The molecule has 0 saturated heterocycles. The Morgan fingerprint density at radius 3 is 2.20 bits per heavy atom. The summed E-state index contributed by atoms with van der Waals surface area (Å²) in [5, 5.41) is 9.13. The molecule has 0 aliphatic carbocycles. The third-order valence-electron chi connectivity index (χ3n) is 2.98. The van der Waals surface area contributed by atoms with E-state index in [0.717, 1.165) is 4.57 Å². The van der Waals surface area contributed by atoms with E-state index in [-0.39, 0.29) is 23.8 Å². The monoisotopic (exact) mass is 279 g/mol. The second kappa shape index (κ2) is 5.61. The van der Waals surface area contributed by atoms with E-state index in [1.54, 1.807) is 27.2 Å². The number of carbonyl (C=O) groups excluding carboxylic acids is 1. The third kappa shape index (κ3) is 2.56. The summed E-state index contributed by atoms with van der Waals surface area (Å²) in [4.78, 5) is 38.3. The van der Waals surface area contributed by atoms with Crippen LogP contribution >= 0.6 is 0 Å². The SMILES string of the molecule is CN(C)C(=O)CN(C)c1c(C#N)c(=O)n(C)c(=O)n1C. The second-order valence-corrected chi connectivity index (χ2v) is 4.66. The molecule has 0 spiro atoms. The van der Waals surface area contributed by atoms with Crippen molar-refractivity contribution in [1.82, 2.24) is 14.0 Å². The minimum Gasteiger partial charge on any atom is -0.350 e. The van der Waals surface area contributed by atoms with Gasteiger partial charge in [0.05, 0.1) is 6.54 Å². The molecule has 0 aromatic carbocycles. The predicted molar refractivity (Wildman–Crippen MR) is 73.6 cm³/mol. The molecule has 1 aromatic heterocycles. The zero-order valence-corrected chi connectivity index (χ0v) is 12.2. The first-order valence-corrected chi connectivity index (χ1v) is 5.83. The average molecular weight is 279 g/mol. The van der Waals surface area contributed by atoms with Gasteiger partial charge in [-0.1, -0.05) is 0 Å². The van der Waals surface area contributed by atoms with E-state index in [2.05, 4.69) is 0 Å². The van der Waals surface area contributed by atoms with Gasteiger partial charge in [-0.2, -0.15) is 5.26 Å². The number of hydrogen-bond donors (Lipinski definition) is 0. The van der Waals surface area contributed by atoms with Crippen LogP contribution in [0.2, 0.25) is 0 Å². The van der Waals surface area contributed by atoms with Gasteiger partial charge >= 0.3 is 5.69 Å². The van der Waals surface area contributed by atoms with Gasteiger partial charge in [0.1, 0.15) is 11.9 Å². The first-order chi connectivity index (χ1) is 9.22. The molecule has 8 nitrogen and oxygen atoms in total. The van der Waals surface area contributed by atoms with Crippen LogP contribution < -0.4 is 16.1 Å². The van der Waals surface area contributed by atoms with Crippen molar-refractivity contribution < 1.29 is 4.79 Å². The van der Waals surface area contributed by atoms with Crippen molar-refractivity contribution in [2.24, 2.45) is 14.1 Å². The summed E-state index contributed by atoms with van der Waals surface area (Å²) < 4.78 is 2.05. The lowest BCUT2D eigenvalue weighted by molar-refractivity contribution is -0.127. The van der Waals surface area contributed by atoms with Gasteiger partial charge in [0, 0.05) is 35.2 Å². The first-order valence-electron chi connectivity index (χ1n) is 5.83. The van der Waals surface area contributed by atoms with Gasteiger partial charge in [0.25, 0.3) is 5.56 Å². The molecule has 0 saturated carbocycles. The minimum atomic E-state index is -0.672. The van der Waals surface area contributed by atoms with Crippen molar-refractivity contribution in [3.63, 3.8) is 0 Å². The minimum absolute atomic E-state index is 0.0396. The molecule has 0 atom stereocenters. The molecule has 0 bridgehead atoms. The summed E-state index contributed by atoms with van der Waals surface area (Å²) in [5.41, 5.74) is -1.38. The smallest absolute Gasteiger partial charge is 0.332 e. The summed E-state index contributed by atoms with van der Waals surface area (Å²) in [6.07, 6.45) is 0. The van der Waals surface area contributed by atoms with E-state index in [0.29, 0.717) is 0 Å². The van der Waals surface area contributed by atoms with Gasteiger partial charge in [0.15, 0.2) is 5.56 Å². The molecule has 0 aliphatic heterocycles. The average Bonchev–Trinajstić information content (AvgIpc) is 2.39. The van der Waals surface area contributed by atoms with Crippen LogP contribution in [0, 0.1) is 11.3 Å². The lowest BCUT2D eigenvalue weighted by Gasteiger charge is -2.23. The molecule has 8 heteroatoms. The highest BCUT2D eigenvalue weighted by Gasteiger charge is 2.20. The number of anilines is 1.